The highest BCUT2D eigenvalue weighted by atomic mass is 32.1. The Kier molecular flexibility index (Phi) is 5.35. The SMILES string of the molecule is CC(=O)OCC(CO)c1ccccc1CS. The van der Waals surface area contributed by atoms with Gasteiger partial charge in [0.1, 0.15) is 6.61 Å². The first-order chi connectivity index (χ1) is 7.69. The van der Waals surface area contributed by atoms with Crippen LogP contribution in [0.15, 0.2) is 24.3 Å². The summed E-state index contributed by atoms with van der Waals surface area (Å²) in [7, 11) is 0. The largest absolute Gasteiger partial charge is 0.465 e. The monoisotopic (exact) mass is 240 g/mol. The van der Waals surface area contributed by atoms with Gasteiger partial charge in [-0.2, -0.15) is 12.6 Å². The van der Waals surface area contributed by atoms with E-state index in [-0.39, 0.29) is 25.1 Å². The van der Waals surface area contributed by atoms with Gasteiger partial charge in [0, 0.05) is 18.6 Å². The summed E-state index contributed by atoms with van der Waals surface area (Å²) in [4.78, 5) is 10.7. The van der Waals surface area contributed by atoms with Crippen molar-refractivity contribution >= 4 is 18.6 Å². The Labute approximate surface area is 101 Å². The highest BCUT2D eigenvalue weighted by Crippen LogP contribution is 2.21. The summed E-state index contributed by atoms with van der Waals surface area (Å²) < 4.78 is 4.92. The van der Waals surface area contributed by atoms with Crippen molar-refractivity contribution in [2.24, 2.45) is 0 Å². The molecule has 0 saturated carbocycles. The summed E-state index contributed by atoms with van der Waals surface area (Å²) in [5.41, 5.74) is 2.04. The number of carbonyl (C=O) groups excluding carboxylic acids is 1. The molecule has 0 aromatic heterocycles. The van der Waals surface area contributed by atoms with Crippen molar-refractivity contribution in [3.05, 3.63) is 35.4 Å². The molecule has 0 aliphatic heterocycles. The molecular weight excluding hydrogens is 224 g/mol. The van der Waals surface area contributed by atoms with E-state index in [9.17, 15) is 9.90 Å². The highest BCUT2D eigenvalue weighted by Gasteiger charge is 2.14. The van der Waals surface area contributed by atoms with Gasteiger partial charge >= 0.3 is 5.97 Å². The van der Waals surface area contributed by atoms with E-state index < -0.39 is 0 Å². The first-order valence-electron chi connectivity index (χ1n) is 5.12. The Hall–Kier alpha value is -1.00. The number of hydrogen-bond donors (Lipinski definition) is 2. The standard InChI is InChI=1S/C12H16O3S/c1-9(14)15-7-11(6-13)12-5-3-2-4-10(12)8-16/h2-5,11,13,16H,6-8H2,1H3. The van der Waals surface area contributed by atoms with E-state index in [1.807, 2.05) is 24.3 Å². The number of rotatable bonds is 5. The van der Waals surface area contributed by atoms with Crippen molar-refractivity contribution in [2.45, 2.75) is 18.6 Å². The minimum absolute atomic E-state index is 0.0436. The zero-order valence-corrected chi connectivity index (χ0v) is 10.1. The minimum Gasteiger partial charge on any atom is -0.465 e. The van der Waals surface area contributed by atoms with Crippen molar-refractivity contribution in [1.82, 2.24) is 0 Å². The molecular formula is C12H16O3S. The molecule has 88 valence electrons. The molecule has 0 aliphatic carbocycles. The second-order valence-electron chi connectivity index (χ2n) is 3.54. The fourth-order valence-electron chi connectivity index (χ4n) is 1.54. The molecule has 1 N–H and O–H groups in total. The normalized spacial score (nSPS) is 12.2. The predicted molar refractivity (Wildman–Crippen MR) is 65.6 cm³/mol. The van der Waals surface area contributed by atoms with Crippen LogP contribution in [0.4, 0.5) is 0 Å². The van der Waals surface area contributed by atoms with E-state index in [1.165, 1.54) is 6.92 Å². The number of hydrogen-bond acceptors (Lipinski definition) is 4. The third kappa shape index (κ3) is 3.54. The molecule has 0 spiro atoms. The number of thiol groups is 1. The van der Waals surface area contributed by atoms with Gasteiger partial charge in [0.05, 0.1) is 6.61 Å². The molecule has 0 heterocycles. The van der Waals surface area contributed by atoms with Crippen molar-refractivity contribution in [1.29, 1.82) is 0 Å². The summed E-state index contributed by atoms with van der Waals surface area (Å²) in [5.74, 6) is 0.0984. The molecule has 0 saturated heterocycles. The van der Waals surface area contributed by atoms with Crippen LogP contribution in [0.2, 0.25) is 0 Å². The van der Waals surface area contributed by atoms with Gasteiger partial charge in [0.25, 0.3) is 0 Å². The molecule has 4 heteroatoms. The lowest BCUT2D eigenvalue weighted by Gasteiger charge is -2.17. The molecule has 1 rings (SSSR count). The van der Waals surface area contributed by atoms with Crippen LogP contribution in [0, 0.1) is 0 Å². The predicted octanol–water partition coefficient (Wildman–Crippen LogP) is 1.76. The summed E-state index contributed by atoms with van der Waals surface area (Å²) in [5, 5.41) is 9.30. The smallest absolute Gasteiger partial charge is 0.302 e. The van der Waals surface area contributed by atoms with Gasteiger partial charge in [-0.3, -0.25) is 4.79 Å². The van der Waals surface area contributed by atoms with Crippen LogP contribution in [0.5, 0.6) is 0 Å². The molecule has 16 heavy (non-hydrogen) atoms. The maximum absolute atomic E-state index is 10.7. The molecule has 1 atom stereocenters. The summed E-state index contributed by atoms with van der Waals surface area (Å²) in [6, 6.07) is 7.71. The first kappa shape index (κ1) is 13.1. The van der Waals surface area contributed by atoms with Gasteiger partial charge in [-0.15, -0.1) is 0 Å². The van der Waals surface area contributed by atoms with Gasteiger partial charge in [0.2, 0.25) is 0 Å². The third-order valence-electron chi connectivity index (χ3n) is 2.37. The number of carbonyl (C=O) groups is 1. The second kappa shape index (κ2) is 6.55. The van der Waals surface area contributed by atoms with Gasteiger partial charge in [-0.05, 0) is 11.1 Å². The quantitative estimate of drug-likeness (QED) is 0.609. The number of esters is 1. The Morgan fingerprint density at radius 2 is 2.19 bits per heavy atom. The van der Waals surface area contributed by atoms with Crippen LogP contribution >= 0.6 is 12.6 Å². The topological polar surface area (TPSA) is 46.5 Å². The van der Waals surface area contributed by atoms with E-state index in [2.05, 4.69) is 12.6 Å². The van der Waals surface area contributed by atoms with Crippen molar-refractivity contribution < 1.29 is 14.6 Å². The minimum atomic E-state index is -0.332. The van der Waals surface area contributed by atoms with E-state index in [4.69, 9.17) is 4.74 Å². The van der Waals surface area contributed by atoms with Crippen LogP contribution in [0.25, 0.3) is 0 Å². The van der Waals surface area contributed by atoms with Crippen molar-refractivity contribution in [2.75, 3.05) is 13.2 Å². The zero-order chi connectivity index (χ0) is 12.0. The van der Waals surface area contributed by atoms with Gasteiger partial charge in [0.15, 0.2) is 0 Å². The first-order valence-corrected chi connectivity index (χ1v) is 5.75. The molecule has 1 unspecified atom stereocenters. The van der Waals surface area contributed by atoms with E-state index in [1.54, 1.807) is 0 Å². The lowest BCUT2D eigenvalue weighted by Crippen LogP contribution is -2.15. The van der Waals surface area contributed by atoms with Crippen molar-refractivity contribution in [3.63, 3.8) is 0 Å². The lowest BCUT2D eigenvalue weighted by molar-refractivity contribution is -0.141. The summed E-state index contributed by atoms with van der Waals surface area (Å²) in [6.07, 6.45) is 0. The summed E-state index contributed by atoms with van der Waals surface area (Å²) in [6.45, 7) is 1.52. The molecule has 0 amide bonds. The molecule has 3 nitrogen and oxygen atoms in total. The molecule has 1 aromatic carbocycles. The molecule has 0 aliphatic rings. The van der Waals surface area contributed by atoms with Gasteiger partial charge < -0.3 is 9.84 Å². The van der Waals surface area contributed by atoms with Gasteiger partial charge in [-0.1, -0.05) is 24.3 Å². The van der Waals surface area contributed by atoms with E-state index in [0.717, 1.165) is 11.1 Å². The van der Waals surface area contributed by atoms with Crippen LogP contribution in [-0.4, -0.2) is 24.3 Å². The Bertz CT molecular complexity index is 352. The Morgan fingerprint density at radius 3 is 2.75 bits per heavy atom. The van der Waals surface area contributed by atoms with Crippen LogP contribution in [0.1, 0.15) is 24.0 Å². The van der Waals surface area contributed by atoms with E-state index >= 15 is 0 Å². The lowest BCUT2D eigenvalue weighted by atomic mass is 9.96. The molecule has 0 radical (unpaired) electrons. The molecule has 0 bridgehead atoms. The maximum Gasteiger partial charge on any atom is 0.302 e. The second-order valence-corrected chi connectivity index (χ2v) is 3.86. The van der Waals surface area contributed by atoms with Gasteiger partial charge in [-0.25, -0.2) is 0 Å². The average molecular weight is 240 g/mol. The number of benzene rings is 1. The fourth-order valence-corrected chi connectivity index (χ4v) is 1.82. The zero-order valence-electron chi connectivity index (χ0n) is 9.22. The summed E-state index contributed by atoms with van der Waals surface area (Å²) >= 11 is 4.23. The van der Waals surface area contributed by atoms with Crippen molar-refractivity contribution in [3.8, 4) is 0 Å². The van der Waals surface area contributed by atoms with Crippen LogP contribution in [-0.2, 0) is 15.3 Å². The molecule has 0 fully saturated rings. The highest BCUT2D eigenvalue weighted by molar-refractivity contribution is 7.79. The van der Waals surface area contributed by atoms with Crippen LogP contribution < -0.4 is 0 Å². The Balaban J connectivity index is 2.81. The third-order valence-corrected chi connectivity index (χ3v) is 2.71. The van der Waals surface area contributed by atoms with E-state index in [0.29, 0.717) is 5.75 Å². The van der Waals surface area contributed by atoms with Crippen LogP contribution in [0.3, 0.4) is 0 Å². The average Bonchev–Trinajstić information content (AvgIpc) is 2.30. The number of aliphatic hydroxyl groups excluding tert-OH is 1. The maximum atomic E-state index is 10.7. The molecule has 1 aromatic rings. The fraction of sp³-hybridized carbons (Fsp3) is 0.417. The Morgan fingerprint density at radius 1 is 1.50 bits per heavy atom. The number of aliphatic hydroxyl groups is 1. The number of ether oxygens (including phenoxy) is 1.